The quantitative estimate of drug-likeness (QED) is 0.707. The van der Waals surface area contributed by atoms with Gasteiger partial charge in [-0.15, -0.1) is 0 Å². The zero-order valence-electron chi connectivity index (χ0n) is 20.3. The van der Waals surface area contributed by atoms with Gasteiger partial charge in [-0.3, -0.25) is 9.59 Å². The van der Waals surface area contributed by atoms with Gasteiger partial charge in [0.2, 0.25) is 21.8 Å². The van der Waals surface area contributed by atoms with E-state index in [0.717, 1.165) is 38.5 Å². The summed E-state index contributed by atoms with van der Waals surface area (Å²) in [6, 6.07) is 5.07. The van der Waals surface area contributed by atoms with Crippen molar-refractivity contribution in [3.63, 3.8) is 0 Å². The van der Waals surface area contributed by atoms with Crippen LogP contribution in [0, 0.1) is 11.8 Å². The zero-order chi connectivity index (χ0) is 24.0. The number of rotatable bonds is 5. The van der Waals surface area contributed by atoms with E-state index in [0.29, 0.717) is 36.2 Å². The predicted molar refractivity (Wildman–Crippen MR) is 129 cm³/mol. The molecular formula is C25H37N3O4S. The van der Waals surface area contributed by atoms with Crippen molar-refractivity contribution in [2.45, 2.75) is 82.6 Å². The molecule has 1 saturated carbocycles. The summed E-state index contributed by atoms with van der Waals surface area (Å²) >= 11 is 0. The Balaban J connectivity index is 1.53. The summed E-state index contributed by atoms with van der Waals surface area (Å²) in [6.45, 7) is 8.98. The number of piperidine rings is 1. The van der Waals surface area contributed by atoms with Gasteiger partial charge in [0.25, 0.3) is 0 Å². The summed E-state index contributed by atoms with van der Waals surface area (Å²) < 4.78 is 28.1. The van der Waals surface area contributed by atoms with Gasteiger partial charge in [0.1, 0.15) is 6.54 Å². The Morgan fingerprint density at radius 1 is 1.03 bits per heavy atom. The highest BCUT2D eigenvalue weighted by atomic mass is 32.2. The van der Waals surface area contributed by atoms with Crippen molar-refractivity contribution in [2.75, 3.05) is 24.5 Å². The van der Waals surface area contributed by atoms with E-state index in [1.54, 1.807) is 36.4 Å². The van der Waals surface area contributed by atoms with Crippen molar-refractivity contribution in [3.8, 4) is 0 Å². The number of hydrogen-bond acceptors (Lipinski definition) is 4. The smallest absolute Gasteiger partial charge is 0.243 e. The number of hydrogen-bond donors (Lipinski definition) is 1. The number of anilines is 1. The summed E-state index contributed by atoms with van der Waals surface area (Å²) in [5, 5.41) is 3.09. The van der Waals surface area contributed by atoms with Crippen LogP contribution in [0.25, 0.3) is 0 Å². The first-order valence-electron chi connectivity index (χ1n) is 12.3. The molecule has 7 nitrogen and oxygen atoms in total. The van der Waals surface area contributed by atoms with Crippen LogP contribution in [0.5, 0.6) is 0 Å². The van der Waals surface area contributed by atoms with Gasteiger partial charge in [0.15, 0.2) is 0 Å². The molecule has 4 rings (SSSR count). The lowest BCUT2D eigenvalue weighted by molar-refractivity contribution is -0.126. The van der Waals surface area contributed by atoms with E-state index in [2.05, 4.69) is 19.2 Å². The number of nitrogens with zero attached hydrogens (tertiary/aromatic N) is 2. The minimum Gasteiger partial charge on any atom is -0.352 e. The van der Waals surface area contributed by atoms with Crippen molar-refractivity contribution >= 4 is 27.5 Å². The molecule has 1 aromatic carbocycles. The van der Waals surface area contributed by atoms with Gasteiger partial charge in [-0.1, -0.05) is 13.8 Å². The summed E-state index contributed by atoms with van der Waals surface area (Å²) in [6.07, 6.45) is 5.88. The molecule has 1 aromatic rings. The molecule has 1 saturated heterocycles. The molecule has 8 heteroatoms. The zero-order valence-corrected chi connectivity index (χ0v) is 21.1. The molecule has 2 heterocycles. The second-order valence-corrected chi connectivity index (χ2v) is 12.7. The predicted octanol–water partition coefficient (Wildman–Crippen LogP) is 3.43. The van der Waals surface area contributed by atoms with Gasteiger partial charge in [-0.2, -0.15) is 4.31 Å². The maximum atomic E-state index is 13.3. The van der Waals surface area contributed by atoms with Crippen molar-refractivity contribution in [3.05, 3.63) is 23.8 Å². The molecule has 2 aliphatic heterocycles. The first-order valence-corrected chi connectivity index (χ1v) is 13.7. The Labute approximate surface area is 198 Å². The Morgan fingerprint density at radius 3 is 2.27 bits per heavy atom. The van der Waals surface area contributed by atoms with Crippen LogP contribution in [-0.2, 0) is 25.0 Å². The Morgan fingerprint density at radius 2 is 1.64 bits per heavy atom. The summed E-state index contributed by atoms with van der Waals surface area (Å²) in [7, 11) is -3.61. The van der Waals surface area contributed by atoms with Gasteiger partial charge >= 0.3 is 0 Å². The maximum absolute atomic E-state index is 13.3. The monoisotopic (exact) mass is 475 g/mol. The molecule has 3 aliphatic rings. The average molecular weight is 476 g/mol. The third-order valence-electron chi connectivity index (χ3n) is 7.78. The molecule has 0 unspecified atom stereocenters. The highest BCUT2D eigenvalue weighted by Gasteiger charge is 2.45. The van der Waals surface area contributed by atoms with E-state index in [4.69, 9.17) is 0 Å². The van der Waals surface area contributed by atoms with Gasteiger partial charge in [0.05, 0.1) is 10.3 Å². The minimum absolute atomic E-state index is 0.0442. The largest absolute Gasteiger partial charge is 0.352 e. The molecule has 1 N–H and O–H groups in total. The Kier molecular flexibility index (Phi) is 6.62. The van der Waals surface area contributed by atoms with Crippen LogP contribution in [0.2, 0.25) is 0 Å². The fourth-order valence-corrected chi connectivity index (χ4v) is 6.82. The van der Waals surface area contributed by atoms with Crippen LogP contribution < -0.4 is 10.2 Å². The summed E-state index contributed by atoms with van der Waals surface area (Å²) in [5.41, 5.74) is 0.402. The number of nitrogens with one attached hydrogen (secondary N) is 1. The van der Waals surface area contributed by atoms with E-state index in [-0.39, 0.29) is 29.3 Å². The maximum Gasteiger partial charge on any atom is 0.243 e. The molecule has 0 spiro atoms. The van der Waals surface area contributed by atoms with E-state index < -0.39 is 15.4 Å². The van der Waals surface area contributed by atoms with Crippen molar-refractivity contribution in [2.24, 2.45) is 11.8 Å². The lowest BCUT2D eigenvalue weighted by Crippen LogP contribution is -2.46. The molecular weight excluding hydrogens is 438 g/mol. The van der Waals surface area contributed by atoms with Crippen molar-refractivity contribution in [1.82, 2.24) is 9.62 Å². The van der Waals surface area contributed by atoms with Gasteiger partial charge < -0.3 is 10.2 Å². The van der Waals surface area contributed by atoms with Crippen LogP contribution in [0.4, 0.5) is 5.69 Å². The van der Waals surface area contributed by atoms with Crippen molar-refractivity contribution in [1.29, 1.82) is 0 Å². The number of amides is 2. The Hall–Kier alpha value is -1.93. The Bertz CT molecular complexity index is 1020. The molecule has 2 fully saturated rings. The van der Waals surface area contributed by atoms with Crippen LogP contribution >= 0.6 is 0 Å². The van der Waals surface area contributed by atoms with Crippen LogP contribution in [-0.4, -0.2) is 50.2 Å². The highest BCUT2D eigenvalue weighted by molar-refractivity contribution is 7.89. The minimum atomic E-state index is -3.61. The third-order valence-corrected chi connectivity index (χ3v) is 9.67. The number of sulfonamides is 1. The number of benzene rings is 1. The van der Waals surface area contributed by atoms with Gasteiger partial charge in [-0.25, -0.2) is 8.42 Å². The molecule has 33 heavy (non-hydrogen) atoms. The number of carbonyl (C=O) groups is 2. The molecule has 0 atom stereocenters. The molecule has 182 valence electrons. The van der Waals surface area contributed by atoms with Crippen molar-refractivity contribution < 1.29 is 18.0 Å². The standard InChI is InChI=1S/C25H37N3O4S/c1-17-5-7-19(8-6-17)26-23(29)16-28-22-10-9-20(15-21(22)25(3,4)24(28)30)33(31,32)27-13-11-18(2)12-14-27/h9-10,15,17-19H,5-8,11-14,16H2,1-4H3,(H,26,29). The average Bonchev–Trinajstić information content (AvgIpc) is 2.96. The van der Waals surface area contributed by atoms with E-state index in [1.807, 2.05) is 0 Å². The SMILES string of the molecule is CC1CCC(NC(=O)CN2C(=O)C(C)(C)c3cc(S(=O)(=O)N4CCC(C)CC4)ccc32)CC1. The van der Waals surface area contributed by atoms with Crippen LogP contribution in [0.3, 0.4) is 0 Å². The topological polar surface area (TPSA) is 86.8 Å². The normalized spacial score (nSPS) is 26.3. The second kappa shape index (κ2) is 9.02. The first-order chi connectivity index (χ1) is 15.5. The van der Waals surface area contributed by atoms with Crippen LogP contribution in [0.15, 0.2) is 23.1 Å². The summed E-state index contributed by atoms with van der Waals surface area (Å²) in [5.74, 6) is 0.895. The number of carbonyl (C=O) groups excluding carboxylic acids is 2. The lowest BCUT2D eigenvalue weighted by Gasteiger charge is -2.29. The molecule has 0 bridgehead atoms. The fourth-order valence-electron chi connectivity index (χ4n) is 5.33. The lowest BCUT2D eigenvalue weighted by atomic mass is 9.86. The summed E-state index contributed by atoms with van der Waals surface area (Å²) in [4.78, 5) is 27.7. The third kappa shape index (κ3) is 4.69. The molecule has 1 aliphatic carbocycles. The number of fused-ring (bicyclic) bond motifs is 1. The van der Waals surface area contributed by atoms with E-state index in [1.165, 1.54) is 4.90 Å². The van der Waals surface area contributed by atoms with Crippen LogP contribution in [0.1, 0.15) is 71.8 Å². The second-order valence-electron chi connectivity index (χ2n) is 10.8. The molecule has 0 aromatic heterocycles. The van der Waals surface area contributed by atoms with Gasteiger partial charge in [0, 0.05) is 24.8 Å². The van der Waals surface area contributed by atoms with E-state index in [9.17, 15) is 18.0 Å². The van der Waals surface area contributed by atoms with Gasteiger partial charge in [-0.05, 0) is 88.0 Å². The van der Waals surface area contributed by atoms with E-state index >= 15 is 0 Å². The fraction of sp³-hybridized carbons (Fsp3) is 0.680. The highest BCUT2D eigenvalue weighted by Crippen LogP contribution is 2.43. The molecule has 2 amide bonds. The first kappa shape index (κ1) is 24.2. The molecule has 0 radical (unpaired) electrons.